The molecule has 0 radical (unpaired) electrons. The first kappa shape index (κ1) is 10.3. The SMILES string of the molecule is C#CC1(CNC)CCc2ccccc2C1. The first-order valence-electron chi connectivity index (χ1n) is 5.49. The van der Waals surface area contributed by atoms with Crippen LogP contribution < -0.4 is 5.32 Å². The summed E-state index contributed by atoms with van der Waals surface area (Å²) in [4.78, 5) is 0. The zero-order valence-corrected chi connectivity index (χ0v) is 9.22. The molecule has 2 rings (SSSR count). The fourth-order valence-electron chi connectivity index (χ4n) is 2.46. The van der Waals surface area contributed by atoms with Crippen molar-refractivity contribution in [1.82, 2.24) is 5.32 Å². The first-order chi connectivity index (χ1) is 7.29. The molecule has 0 spiro atoms. The molecule has 1 heteroatoms. The standard InChI is InChI=1S/C14H17N/c1-3-14(11-15-2)9-8-12-6-4-5-7-13(12)10-14/h1,4-7,15H,8-11H2,2H3. The van der Waals surface area contributed by atoms with Crippen molar-refractivity contribution in [3.8, 4) is 12.3 Å². The van der Waals surface area contributed by atoms with Gasteiger partial charge in [-0.05, 0) is 37.4 Å². The number of fused-ring (bicyclic) bond motifs is 1. The lowest BCUT2D eigenvalue weighted by Gasteiger charge is -2.33. The highest BCUT2D eigenvalue weighted by Crippen LogP contribution is 2.34. The van der Waals surface area contributed by atoms with Gasteiger partial charge in [-0.25, -0.2) is 0 Å². The van der Waals surface area contributed by atoms with Crippen molar-refractivity contribution in [2.75, 3.05) is 13.6 Å². The van der Waals surface area contributed by atoms with E-state index < -0.39 is 0 Å². The van der Waals surface area contributed by atoms with Gasteiger partial charge in [-0.1, -0.05) is 30.2 Å². The Bertz CT molecular complexity index is 389. The van der Waals surface area contributed by atoms with Crippen LogP contribution in [0.3, 0.4) is 0 Å². The molecule has 0 saturated carbocycles. The van der Waals surface area contributed by atoms with Crippen LogP contribution in [0.2, 0.25) is 0 Å². The Hall–Kier alpha value is -1.26. The highest BCUT2D eigenvalue weighted by molar-refractivity contribution is 5.33. The summed E-state index contributed by atoms with van der Waals surface area (Å²) in [6.45, 7) is 0.915. The summed E-state index contributed by atoms with van der Waals surface area (Å²) in [5.41, 5.74) is 2.93. The highest BCUT2D eigenvalue weighted by Gasteiger charge is 2.31. The number of hydrogen-bond acceptors (Lipinski definition) is 1. The monoisotopic (exact) mass is 199 g/mol. The summed E-state index contributed by atoms with van der Waals surface area (Å²) >= 11 is 0. The van der Waals surface area contributed by atoms with Crippen molar-refractivity contribution < 1.29 is 0 Å². The molecule has 0 aromatic heterocycles. The van der Waals surface area contributed by atoms with Crippen molar-refractivity contribution in [3.05, 3.63) is 35.4 Å². The molecular formula is C14H17N. The van der Waals surface area contributed by atoms with Gasteiger partial charge < -0.3 is 5.32 Å². The first-order valence-corrected chi connectivity index (χ1v) is 5.49. The van der Waals surface area contributed by atoms with Gasteiger partial charge in [-0.3, -0.25) is 0 Å². The van der Waals surface area contributed by atoms with Crippen LogP contribution in [0.4, 0.5) is 0 Å². The molecule has 15 heavy (non-hydrogen) atoms. The van der Waals surface area contributed by atoms with Crippen LogP contribution in [-0.2, 0) is 12.8 Å². The highest BCUT2D eigenvalue weighted by atomic mass is 14.8. The molecule has 0 aliphatic heterocycles. The van der Waals surface area contributed by atoms with E-state index in [1.54, 1.807) is 0 Å². The number of hydrogen-bond donors (Lipinski definition) is 1. The van der Waals surface area contributed by atoms with E-state index in [1.807, 2.05) is 7.05 Å². The predicted octanol–water partition coefficient (Wildman–Crippen LogP) is 2.01. The molecule has 0 saturated heterocycles. The largest absolute Gasteiger partial charge is 0.318 e. The lowest BCUT2D eigenvalue weighted by atomic mass is 9.72. The number of terminal acetylenes is 1. The maximum Gasteiger partial charge on any atom is 0.0479 e. The zero-order valence-electron chi connectivity index (χ0n) is 9.22. The van der Waals surface area contributed by atoms with Crippen molar-refractivity contribution in [2.45, 2.75) is 19.3 Å². The third-order valence-corrected chi connectivity index (χ3v) is 3.34. The van der Waals surface area contributed by atoms with Crippen molar-refractivity contribution >= 4 is 0 Å². The fourth-order valence-corrected chi connectivity index (χ4v) is 2.46. The van der Waals surface area contributed by atoms with E-state index in [2.05, 4.69) is 35.5 Å². The molecule has 1 atom stereocenters. The van der Waals surface area contributed by atoms with Crippen molar-refractivity contribution in [2.24, 2.45) is 5.41 Å². The number of nitrogens with one attached hydrogen (secondary N) is 1. The third kappa shape index (κ3) is 1.91. The second-order valence-electron chi connectivity index (χ2n) is 4.40. The van der Waals surface area contributed by atoms with Gasteiger partial charge in [0.1, 0.15) is 0 Å². The van der Waals surface area contributed by atoms with Gasteiger partial charge in [-0.15, -0.1) is 6.42 Å². The van der Waals surface area contributed by atoms with Gasteiger partial charge in [0.2, 0.25) is 0 Å². The minimum atomic E-state index is 0.0309. The van der Waals surface area contributed by atoms with E-state index in [-0.39, 0.29) is 5.41 Å². The van der Waals surface area contributed by atoms with Crippen molar-refractivity contribution in [1.29, 1.82) is 0 Å². The molecule has 0 heterocycles. The molecule has 1 aliphatic rings. The Morgan fingerprint density at radius 1 is 1.40 bits per heavy atom. The Labute approximate surface area is 91.9 Å². The lowest BCUT2D eigenvalue weighted by molar-refractivity contribution is 0.336. The molecular weight excluding hydrogens is 182 g/mol. The molecule has 0 amide bonds. The molecule has 78 valence electrons. The molecule has 0 fully saturated rings. The van der Waals surface area contributed by atoms with Crippen LogP contribution in [0.1, 0.15) is 17.5 Å². The molecule has 1 aromatic carbocycles. The number of benzene rings is 1. The number of aryl methyl sites for hydroxylation is 1. The normalized spacial score (nSPS) is 24.3. The van der Waals surface area contributed by atoms with Gasteiger partial charge in [0.25, 0.3) is 0 Å². The van der Waals surface area contributed by atoms with Crippen LogP contribution in [-0.4, -0.2) is 13.6 Å². The lowest BCUT2D eigenvalue weighted by Crippen LogP contribution is -2.36. The van der Waals surface area contributed by atoms with Gasteiger partial charge in [-0.2, -0.15) is 0 Å². The molecule has 1 aliphatic carbocycles. The van der Waals surface area contributed by atoms with Crippen LogP contribution in [0, 0.1) is 17.8 Å². The minimum absolute atomic E-state index is 0.0309. The topological polar surface area (TPSA) is 12.0 Å². The van der Waals surface area contributed by atoms with Crippen molar-refractivity contribution in [3.63, 3.8) is 0 Å². The summed E-state index contributed by atoms with van der Waals surface area (Å²) in [7, 11) is 1.97. The second-order valence-corrected chi connectivity index (χ2v) is 4.40. The minimum Gasteiger partial charge on any atom is -0.318 e. The van der Waals surface area contributed by atoms with Gasteiger partial charge in [0.05, 0.1) is 0 Å². The van der Waals surface area contributed by atoms with E-state index in [9.17, 15) is 0 Å². The zero-order chi connectivity index (χ0) is 10.7. The third-order valence-electron chi connectivity index (χ3n) is 3.34. The van der Waals surface area contributed by atoms with Gasteiger partial charge in [0.15, 0.2) is 0 Å². The molecule has 1 unspecified atom stereocenters. The number of rotatable bonds is 2. The summed E-state index contributed by atoms with van der Waals surface area (Å²) < 4.78 is 0. The summed E-state index contributed by atoms with van der Waals surface area (Å²) in [6.07, 6.45) is 8.92. The fraction of sp³-hybridized carbons (Fsp3) is 0.429. The Kier molecular flexibility index (Phi) is 2.79. The summed E-state index contributed by atoms with van der Waals surface area (Å²) in [5, 5.41) is 3.22. The smallest absolute Gasteiger partial charge is 0.0479 e. The Balaban J connectivity index is 2.28. The van der Waals surface area contributed by atoms with Crippen LogP contribution >= 0.6 is 0 Å². The van der Waals surface area contributed by atoms with Gasteiger partial charge in [0, 0.05) is 12.0 Å². The summed E-state index contributed by atoms with van der Waals surface area (Å²) in [5.74, 6) is 3.00. The van der Waals surface area contributed by atoms with E-state index in [0.29, 0.717) is 0 Å². The van der Waals surface area contributed by atoms with E-state index >= 15 is 0 Å². The van der Waals surface area contributed by atoms with Crippen LogP contribution in [0.15, 0.2) is 24.3 Å². The maximum atomic E-state index is 5.69. The second kappa shape index (κ2) is 4.08. The van der Waals surface area contributed by atoms with E-state index in [1.165, 1.54) is 11.1 Å². The molecule has 1 N–H and O–H groups in total. The molecule has 0 bridgehead atoms. The molecule has 1 aromatic rings. The quantitative estimate of drug-likeness (QED) is 0.718. The molecule has 1 nitrogen and oxygen atoms in total. The maximum absolute atomic E-state index is 5.69. The predicted molar refractivity (Wildman–Crippen MR) is 63.7 cm³/mol. The van der Waals surface area contributed by atoms with E-state index in [0.717, 1.165) is 25.8 Å². The van der Waals surface area contributed by atoms with Crippen LogP contribution in [0.25, 0.3) is 0 Å². The average Bonchev–Trinajstić information content (AvgIpc) is 2.29. The van der Waals surface area contributed by atoms with E-state index in [4.69, 9.17) is 6.42 Å². The van der Waals surface area contributed by atoms with Crippen LogP contribution in [0.5, 0.6) is 0 Å². The summed E-state index contributed by atoms with van der Waals surface area (Å²) in [6, 6.07) is 8.63. The van der Waals surface area contributed by atoms with Gasteiger partial charge >= 0.3 is 0 Å². The Morgan fingerprint density at radius 3 is 2.80 bits per heavy atom. The average molecular weight is 199 g/mol. The Morgan fingerprint density at radius 2 is 2.13 bits per heavy atom.